The molecule has 2 aliphatic rings. The number of hydrogen-bond donors (Lipinski definition) is 1. The first-order chi connectivity index (χ1) is 10.8. The number of halogens is 1. The number of nitriles is 1. The smallest absolute Gasteiger partial charge is 0.162 e. The highest BCUT2D eigenvalue weighted by molar-refractivity contribution is 9.10. The van der Waals surface area contributed by atoms with E-state index in [9.17, 15) is 10.1 Å². The molecule has 5 heteroatoms. The minimum absolute atomic E-state index is 0.0621. The highest BCUT2D eigenvalue weighted by atomic mass is 79.9. The molecule has 0 fully saturated rings. The fraction of sp³-hybridized carbons (Fsp3) is 0.389. The third-order valence-electron chi connectivity index (χ3n) is 4.47. The summed E-state index contributed by atoms with van der Waals surface area (Å²) in [5, 5.41) is 13.0. The summed E-state index contributed by atoms with van der Waals surface area (Å²) in [7, 11) is 0. The van der Waals surface area contributed by atoms with Gasteiger partial charge in [0.2, 0.25) is 0 Å². The zero-order valence-electron chi connectivity index (χ0n) is 13.4. The van der Waals surface area contributed by atoms with Gasteiger partial charge in [0, 0.05) is 40.3 Å². The molecule has 0 radical (unpaired) electrons. The number of hydrogen-bond acceptors (Lipinski definition) is 4. The fourth-order valence-electron chi connectivity index (χ4n) is 3.52. The third-order valence-corrected chi connectivity index (χ3v) is 5.14. The predicted molar refractivity (Wildman–Crippen MR) is 91.2 cm³/mol. The van der Waals surface area contributed by atoms with Crippen LogP contribution in [0.15, 0.2) is 45.5 Å². The maximum atomic E-state index is 12.8. The molecule has 0 saturated heterocycles. The van der Waals surface area contributed by atoms with Crippen LogP contribution in [0, 0.1) is 16.7 Å². The molecule has 3 rings (SSSR count). The summed E-state index contributed by atoms with van der Waals surface area (Å²) in [5.74, 6) is -0.199. The number of carbonyl (C=O) groups is 1. The van der Waals surface area contributed by atoms with E-state index in [1.165, 1.54) is 0 Å². The lowest BCUT2D eigenvalue weighted by molar-refractivity contribution is -0.118. The van der Waals surface area contributed by atoms with Crippen molar-refractivity contribution >= 4 is 21.7 Å². The average Bonchev–Trinajstić information content (AvgIpc) is 2.45. The van der Waals surface area contributed by atoms with Gasteiger partial charge in [0.05, 0.1) is 17.6 Å². The van der Waals surface area contributed by atoms with Crippen LogP contribution in [0.2, 0.25) is 0 Å². The monoisotopic (exact) mass is 371 g/mol. The van der Waals surface area contributed by atoms with Crippen LogP contribution < -0.4 is 5.32 Å². The maximum absolute atomic E-state index is 12.8. The number of dihydropyridines is 1. The number of Topliss-reactive ketones (excluding diaryl/α,β-unsaturated/α-hetero) is 1. The Morgan fingerprint density at radius 2 is 2.17 bits per heavy atom. The van der Waals surface area contributed by atoms with E-state index in [2.05, 4.69) is 46.1 Å². The van der Waals surface area contributed by atoms with Gasteiger partial charge in [-0.05, 0) is 46.3 Å². The van der Waals surface area contributed by atoms with E-state index in [1.54, 1.807) is 12.4 Å². The lowest BCUT2D eigenvalue weighted by atomic mass is 9.69. The number of aromatic nitrogens is 1. The Bertz CT molecular complexity index is 799. The number of nitrogens with zero attached hydrogens (tertiary/aromatic N) is 2. The topological polar surface area (TPSA) is 65.8 Å². The SMILES string of the molecule is CC1=C(C#N)[C@H](c2ccncc2Br)C2=C(CC(C)(C)CC2=O)N1. The zero-order valence-corrected chi connectivity index (χ0v) is 15.0. The summed E-state index contributed by atoms with van der Waals surface area (Å²) in [4.78, 5) is 16.9. The molecular weight excluding hydrogens is 354 g/mol. The molecule has 0 aromatic carbocycles. The highest BCUT2D eigenvalue weighted by Crippen LogP contribution is 2.47. The first-order valence-corrected chi connectivity index (χ1v) is 8.37. The molecule has 23 heavy (non-hydrogen) atoms. The fourth-order valence-corrected chi connectivity index (χ4v) is 3.99. The minimum Gasteiger partial charge on any atom is -0.361 e. The zero-order chi connectivity index (χ0) is 16.8. The van der Waals surface area contributed by atoms with Crippen LogP contribution in [0.25, 0.3) is 0 Å². The van der Waals surface area contributed by atoms with Gasteiger partial charge in [-0.1, -0.05) is 13.8 Å². The van der Waals surface area contributed by atoms with Crippen molar-refractivity contribution in [2.24, 2.45) is 5.41 Å². The molecule has 1 aliphatic carbocycles. The Kier molecular flexibility index (Phi) is 3.89. The van der Waals surface area contributed by atoms with Crippen LogP contribution in [0.3, 0.4) is 0 Å². The summed E-state index contributed by atoms with van der Waals surface area (Å²) >= 11 is 3.52. The molecule has 1 atom stereocenters. The molecule has 0 saturated carbocycles. The number of carbonyl (C=O) groups excluding carboxylic acids is 1. The largest absolute Gasteiger partial charge is 0.361 e. The summed E-state index contributed by atoms with van der Waals surface area (Å²) in [6, 6.07) is 4.17. The van der Waals surface area contributed by atoms with Gasteiger partial charge in [-0.25, -0.2) is 0 Å². The number of nitrogens with one attached hydrogen (secondary N) is 1. The Labute approximate surface area is 144 Å². The highest BCUT2D eigenvalue weighted by Gasteiger charge is 2.41. The Morgan fingerprint density at radius 1 is 1.43 bits per heavy atom. The molecule has 0 bridgehead atoms. The molecule has 1 aromatic heterocycles. The van der Waals surface area contributed by atoms with Crippen molar-refractivity contribution < 1.29 is 4.79 Å². The quantitative estimate of drug-likeness (QED) is 0.810. The predicted octanol–water partition coefficient (Wildman–Crippen LogP) is 3.97. The number of pyridine rings is 1. The number of allylic oxidation sites excluding steroid dienone is 4. The summed E-state index contributed by atoms with van der Waals surface area (Å²) in [5.41, 5.74) is 3.97. The first-order valence-electron chi connectivity index (χ1n) is 7.57. The van der Waals surface area contributed by atoms with Crippen LogP contribution in [0.4, 0.5) is 0 Å². The number of rotatable bonds is 1. The normalized spacial score (nSPS) is 23.3. The van der Waals surface area contributed by atoms with E-state index >= 15 is 0 Å². The van der Waals surface area contributed by atoms with E-state index in [-0.39, 0.29) is 17.1 Å². The van der Waals surface area contributed by atoms with Crippen molar-refractivity contribution in [1.29, 1.82) is 5.26 Å². The third kappa shape index (κ3) is 2.72. The standard InChI is InChI=1S/C18H18BrN3O/c1-10-12(8-20)16(11-4-5-21-9-13(11)19)17-14(22-10)6-18(2,3)7-15(17)23/h4-5,9,16,22H,6-7H2,1-3H3/t16-/m0/s1. The van der Waals surface area contributed by atoms with E-state index in [0.29, 0.717) is 12.0 Å². The van der Waals surface area contributed by atoms with Gasteiger partial charge in [-0.3, -0.25) is 9.78 Å². The second-order valence-electron chi connectivity index (χ2n) is 6.94. The van der Waals surface area contributed by atoms with Crippen LogP contribution in [-0.2, 0) is 4.79 Å². The van der Waals surface area contributed by atoms with E-state index in [1.807, 2.05) is 13.0 Å². The molecule has 118 valence electrons. The van der Waals surface area contributed by atoms with Gasteiger partial charge in [-0.15, -0.1) is 0 Å². The maximum Gasteiger partial charge on any atom is 0.162 e. The van der Waals surface area contributed by atoms with Crippen LogP contribution >= 0.6 is 15.9 Å². The molecule has 1 aromatic rings. The molecule has 0 spiro atoms. The lowest BCUT2D eigenvalue weighted by Gasteiger charge is -2.38. The van der Waals surface area contributed by atoms with Crippen molar-refractivity contribution in [3.63, 3.8) is 0 Å². The van der Waals surface area contributed by atoms with Crippen molar-refractivity contribution in [3.05, 3.63) is 51.0 Å². The summed E-state index contributed by atoms with van der Waals surface area (Å²) in [6.07, 6.45) is 4.72. The Balaban J connectivity index is 2.22. The second-order valence-corrected chi connectivity index (χ2v) is 7.79. The average molecular weight is 372 g/mol. The van der Waals surface area contributed by atoms with Gasteiger partial charge in [0.25, 0.3) is 0 Å². The molecule has 0 unspecified atom stereocenters. The summed E-state index contributed by atoms with van der Waals surface area (Å²) in [6.45, 7) is 6.11. The van der Waals surface area contributed by atoms with Gasteiger partial charge in [-0.2, -0.15) is 5.26 Å². The van der Waals surface area contributed by atoms with Gasteiger partial charge < -0.3 is 5.32 Å². The van der Waals surface area contributed by atoms with Crippen molar-refractivity contribution in [3.8, 4) is 6.07 Å². The number of ketones is 1. The summed E-state index contributed by atoms with van der Waals surface area (Å²) < 4.78 is 0.817. The molecule has 4 nitrogen and oxygen atoms in total. The van der Waals surface area contributed by atoms with Crippen LogP contribution in [-0.4, -0.2) is 10.8 Å². The van der Waals surface area contributed by atoms with Crippen LogP contribution in [0.1, 0.15) is 45.1 Å². The van der Waals surface area contributed by atoms with E-state index < -0.39 is 0 Å². The first kappa shape index (κ1) is 15.9. The molecule has 0 amide bonds. The molecule has 2 heterocycles. The Morgan fingerprint density at radius 3 is 2.83 bits per heavy atom. The minimum atomic E-state index is -0.322. The molecule has 1 N–H and O–H groups in total. The molecule has 1 aliphatic heterocycles. The van der Waals surface area contributed by atoms with Gasteiger partial charge >= 0.3 is 0 Å². The van der Waals surface area contributed by atoms with Gasteiger partial charge in [0.15, 0.2) is 5.78 Å². The second kappa shape index (κ2) is 5.61. The molecular formula is C18H18BrN3O. The van der Waals surface area contributed by atoms with Crippen molar-refractivity contribution in [2.45, 2.75) is 39.5 Å². The lowest BCUT2D eigenvalue weighted by Crippen LogP contribution is -2.36. The van der Waals surface area contributed by atoms with Crippen LogP contribution in [0.5, 0.6) is 0 Å². The Hall–Kier alpha value is -1.93. The van der Waals surface area contributed by atoms with Gasteiger partial charge in [0.1, 0.15) is 0 Å². The van der Waals surface area contributed by atoms with E-state index in [0.717, 1.165) is 33.4 Å². The van der Waals surface area contributed by atoms with Crippen molar-refractivity contribution in [2.75, 3.05) is 0 Å². The van der Waals surface area contributed by atoms with E-state index in [4.69, 9.17) is 0 Å². The van der Waals surface area contributed by atoms with Crippen molar-refractivity contribution in [1.82, 2.24) is 10.3 Å².